The van der Waals surface area contributed by atoms with Crippen molar-refractivity contribution in [3.05, 3.63) is 35.4 Å². The summed E-state index contributed by atoms with van der Waals surface area (Å²) in [6.07, 6.45) is 0.538. The molecule has 0 amide bonds. The fourth-order valence-corrected chi connectivity index (χ4v) is 1.87. The van der Waals surface area contributed by atoms with Crippen LogP contribution in [0.1, 0.15) is 30.6 Å². The summed E-state index contributed by atoms with van der Waals surface area (Å²) in [4.78, 5) is 0. The third kappa shape index (κ3) is 4.46. The van der Waals surface area contributed by atoms with E-state index in [0.717, 1.165) is 17.5 Å². The normalized spacial score (nSPS) is 14.6. The first-order valence-corrected chi connectivity index (χ1v) is 6.15. The van der Waals surface area contributed by atoms with Crippen molar-refractivity contribution in [2.75, 3.05) is 20.3 Å². The van der Waals surface area contributed by atoms with E-state index < -0.39 is 6.10 Å². The van der Waals surface area contributed by atoms with Gasteiger partial charge in [-0.1, -0.05) is 31.2 Å². The number of aliphatic hydroxyl groups is 1. The van der Waals surface area contributed by atoms with Gasteiger partial charge in [0.15, 0.2) is 0 Å². The minimum atomic E-state index is -0.456. The van der Waals surface area contributed by atoms with E-state index in [1.165, 1.54) is 0 Å². The number of hydrogen-bond donors (Lipinski definition) is 2. The standard InChI is InChI=1S/C14H23NO2/c1-4-12(10-17-3)15-9-14(16)13-8-6-5-7-11(13)2/h5-8,12,14-16H,4,9-10H2,1-3H3/t12-,14+/m0/s1. The molecular formula is C14H23NO2. The third-order valence-corrected chi connectivity index (χ3v) is 3.01. The van der Waals surface area contributed by atoms with Crippen molar-refractivity contribution in [3.63, 3.8) is 0 Å². The van der Waals surface area contributed by atoms with Gasteiger partial charge in [-0.15, -0.1) is 0 Å². The Morgan fingerprint density at radius 2 is 2.06 bits per heavy atom. The van der Waals surface area contributed by atoms with Crippen molar-refractivity contribution in [3.8, 4) is 0 Å². The zero-order valence-corrected chi connectivity index (χ0v) is 10.9. The predicted octanol–water partition coefficient (Wildman–Crippen LogP) is 2.04. The summed E-state index contributed by atoms with van der Waals surface area (Å²) in [5.41, 5.74) is 2.12. The molecule has 1 aromatic carbocycles. The van der Waals surface area contributed by atoms with Crippen molar-refractivity contribution >= 4 is 0 Å². The van der Waals surface area contributed by atoms with Gasteiger partial charge < -0.3 is 15.2 Å². The number of ether oxygens (including phenoxy) is 1. The monoisotopic (exact) mass is 237 g/mol. The second kappa shape index (κ2) is 7.43. The Balaban J connectivity index is 2.49. The molecule has 0 aliphatic rings. The lowest BCUT2D eigenvalue weighted by Crippen LogP contribution is -2.35. The van der Waals surface area contributed by atoms with E-state index in [4.69, 9.17) is 4.74 Å². The SMILES string of the molecule is CC[C@@H](COC)NC[C@@H](O)c1ccccc1C. The first-order valence-electron chi connectivity index (χ1n) is 6.15. The Kier molecular flexibility index (Phi) is 6.19. The van der Waals surface area contributed by atoms with Gasteiger partial charge in [0.25, 0.3) is 0 Å². The Morgan fingerprint density at radius 1 is 1.35 bits per heavy atom. The lowest BCUT2D eigenvalue weighted by molar-refractivity contribution is 0.137. The van der Waals surface area contributed by atoms with E-state index in [1.54, 1.807) is 7.11 Å². The van der Waals surface area contributed by atoms with Crippen LogP contribution in [-0.4, -0.2) is 31.4 Å². The van der Waals surface area contributed by atoms with Crippen molar-refractivity contribution < 1.29 is 9.84 Å². The van der Waals surface area contributed by atoms with E-state index in [9.17, 15) is 5.11 Å². The molecule has 3 heteroatoms. The fraction of sp³-hybridized carbons (Fsp3) is 0.571. The highest BCUT2D eigenvalue weighted by atomic mass is 16.5. The summed E-state index contributed by atoms with van der Waals surface area (Å²) in [5.74, 6) is 0. The van der Waals surface area contributed by atoms with Crippen LogP contribution in [0.15, 0.2) is 24.3 Å². The van der Waals surface area contributed by atoms with Crippen molar-refractivity contribution in [1.29, 1.82) is 0 Å². The Hall–Kier alpha value is -0.900. The Bertz CT molecular complexity index is 328. The number of methoxy groups -OCH3 is 1. The number of rotatable bonds is 7. The molecule has 0 spiro atoms. The summed E-state index contributed by atoms with van der Waals surface area (Å²) in [5, 5.41) is 13.4. The number of aryl methyl sites for hydroxylation is 1. The van der Waals surface area contributed by atoms with E-state index in [0.29, 0.717) is 19.2 Å². The van der Waals surface area contributed by atoms with Crippen LogP contribution in [0.3, 0.4) is 0 Å². The van der Waals surface area contributed by atoms with Crippen LogP contribution < -0.4 is 5.32 Å². The van der Waals surface area contributed by atoms with Gasteiger partial charge >= 0.3 is 0 Å². The molecule has 1 aromatic rings. The van der Waals surface area contributed by atoms with E-state index in [-0.39, 0.29) is 0 Å². The molecule has 17 heavy (non-hydrogen) atoms. The van der Waals surface area contributed by atoms with Gasteiger partial charge in [0.1, 0.15) is 0 Å². The molecule has 0 radical (unpaired) electrons. The first kappa shape index (κ1) is 14.2. The van der Waals surface area contributed by atoms with Gasteiger partial charge in [0.2, 0.25) is 0 Å². The highest BCUT2D eigenvalue weighted by molar-refractivity contribution is 5.27. The van der Waals surface area contributed by atoms with Crippen LogP contribution in [0.5, 0.6) is 0 Å². The number of hydrogen-bond acceptors (Lipinski definition) is 3. The van der Waals surface area contributed by atoms with Gasteiger partial charge in [-0.3, -0.25) is 0 Å². The molecule has 2 N–H and O–H groups in total. The molecule has 0 aliphatic carbocycles. The molecule has 0 saturated carbocycles. The topological polar surface area (TPSA) is 41.5 Å². The highest BCUT2D eigenvalue weighted by Crippen LogP contribution is 2.16. The summed E-state index contributed by atoms with van der Waals surface area (Å²) < 4.78 is 5.11. The summed E-state index contributed by atoms with van der Waals surface area (Å²) in [6.45, 7) is 5.37. The van der Waals surface area contributed by atoms with Gasteiger partial charge in [0.05, 0.1) is 12.7 Å². The second-order valence-electron chi connectivity index (χ2n) is 4.34. The maximum Gasteiger partial charge on any atom is 0.0917 e. The minimum absolute atomic E-state index is 0.304. The minimum Gasteiger partial charge on any atom is -0.387 e. The molecule has 1 rings (SSSR count). The predicted molar refractivity (Wildman–Crippen MR) is 70.1 cm³/mol. The van der Waals surface area contributed by atoms with E-state index >= 15 is 0 Å². The quantitative estimate of drug-likeness (QED) is 0.762. The lowest BCUT2D eigenvalue weighted by Gasteiger charge is -2.19. The van der Waals surface area contributed by atoms with Gasteiger partial charge in [0, 0.05) is 19.7 Å². The van der Waals surface area contributed by atoms with E-state index in [2.05, 4.69) is 12.2 Å². The highest BCUT2D eigenvalue weighted by Gasteiger charge is 2.12. The molecule has 0 bridgehead atoms. The third-order valence-electron chi connectivity index (χ3n) is 3.01. The first-order chi connectivity index (χ1) is 8.19. The van der Waals surface area contributed by atoms with Crippen LogP contribution in [0.4, 0.5) is 0 Å². The molecule has 0 unspecified atom stereocenters. The van der Waals surface area contributed by atoms with Crippen LogP contribution in [-0.2, 0) is 4.74 Å². The lowest BCUT2D eigenvalue weighted by atomic mass is 10.0. The van der Waals surface area contributed by atoms with Gasteiger partial charge in [-0.05, 0) is 24.5 Å². The maximum absolute atomic E-state index is 10.1. The van der Waals surface area contributed by atoms with Gasteiger partial charge in [-0.2, -0.15) is 0 Å². The second-order valence-corrected chi connectivity index (χ2v) is 4.34. The molecule has 0 aromatic heterocycles. The molecule has 0 fully saturated rings. The van der Waals surface area contributed by atoms with Crippen LogP contribution in [0.25, 0.3) is 0 Å². The number of nitrogens with one attached hydrogen (secondary N) is 1. The molecule has 0 saturated heterocycles. The summed E-state index contributed by atoms with van der Waals surface area (Å²) in [7, 11) is 1.70. The molecule has 2 atom stereocenters. The maximum atomic E-state index is 10.1. The number of benzene rings is 1. The zero-order valence-electron chi connectivity index (χ0n) is 10.9. The van der Waals surface area contributed by atoms with E-state index in [1.807, 2.05) is 31.2 Å². The van der Waals surface area contributed by atoms with Crippen LogP contribution in [0.2, 0.25) is 0 Å². The van der Waals surface area contributed by atoms with Crippen molar-refractivity contribution in [1.82, 2.24) is 5.32 Å². The van der Waals surface area contributed by atoms with Crippen LogP contribution in [0, 0.1) is 6.92 Å². The van der Waals surface area contributed by atoms with Crippen molar-refractivity contribution in [2.45, 2.75) is 32.4 Å². The molecule has 0 heterocycles. The zero-order chi connectivity index (χ0) is 12.7. The fourth-order valence-electron chi connectivity index (χ4n) is 1.87. The average Bonchev–Trinajstić information content (AvgIpc) is 2.34. The molecule has 3 nitrogen and oxygen atoms in total. The van der Waals surface area contributed by atoms with Gasteiger partial charge in [-0.25, -0.2) is 0 Å². The summed E-state index contributed by atoms with van der Waals surface area (Å²) in [6, 6.07) is 8.24. The Morgan fingerprint density at radius 3 is 2.65 bits per heavy atom. The summed E-state index contributed by atoms with van der Waals surface area (Å²) >= 11 is 0. The average molecular weight is 237 g/mol. The van der Waals surface area contributed by atoms with Crippen molar-refractivity contribution in [2.24, 2.45) is 0 Å². The number of aliphatic hydroxyl groups excluding tert-OH is 1. The molecule has 0 aliphatic heterocycles. The molecular weight excluding hydrogens is 214 g/mol. The smallest absolute Gasteiger partial charge is 0.0917 e. The largest absolute Gasteiger partial charge is 0.387 e. The molecule has 96 valence electrons. The Labute approximate surface area is 104 Å². The van der Waals surface area contributed by atoms with Crippen LogP contribution >= 0.6 is 0 Å².